The van der Waals surface area contributed by atoms with Gasteiger partial charge in [-0.05, 0) is 0 Å². The Morgan fingerprint density at radius 1 is 0.762 bits per heavy atom. The van der Waals surface area contributed by atoms with Crippen molar-refractivity contribution >= 4 is 0 Å². The van der Waals surface area contributed by atoms with Gasteiger partial charge < -0.3 is 0 Å². The van der Waals surface area contributed by atoms with E-state index in [-0.39, 0.29) is 0 Å². The van der Waals surface area contributed by atoms with Crippen LogP contribution in [0.1, 0.15) is 40.5 Å². The van der Waals surface area contributed by atoms with Crippen LogP contribution >= 0.6 is 0 Å². The van der Waals surface area contributed by atoms with Gasteiger partial charge in [0, 0.05) is 0 Å². The van der Waals surface area contributed by atoms with Crippen molar-refractivity contribution in [3.8, 4) is 0 Å². The molecule has 2 rings (SSSR count). The fourth-order valence-electron chi connectivity index (χ4n) is 3.99. The first kappa shape index (κ1) is 17.1. The third kappa shape index (κ3) is 2.97. The minimum atomic E-state index is -3.05. The van der Waals surface area contributed by atoms with Crippen LogP contribution in [-0.2, 0) is 20.5 Å². The molecule has 0 spiro atoms. The maximum absolute atomic E-state index is 3.05. The molecule has 0 bridgehead atoms. The molecular formula is C18H30HfN2. The Morgan fingerprint density at radius 3 is 1.38 bits per heavy atom. The molecular weight excluding hydrogens is 423 g/mol. The zero-order chi connectivity index (χ0) is 15.3. The van der Waals surface area contributed by atoms with E-state index >= 15 is 0 Å². The number of hydrogen-bond acceptors (Lipinski definition) is 2. The second kappa shape index (κ2) is 7.85. The van der Waals surface area contributed by atoms with Gasteiger partial charge in [0.25, 0.3) is 0 Å². The molecule has 116 valence electrons. The van der Waals surface area contributed by atoms with E-state index in [9.17, 15) is 0 Å². The Kier molecular flexibility index (Phi) is 6.39. The quantitative estimate of drug-likeness (QED) is 0.505. The second-order valence-corrected chi connectivity index (χ2v) is 19.7. The average molecular weight is 453 g/mol. The molecule has 0 unspecified atom stereocenters. The molecule has 0 heterocycles. The summed E-state index contributed by atoms with van der Waals surface area (Å²) in [6.07, 6.45) is 16.5. The molecule has 2 nitrogen and oxygen atoms in total. The van der Waals surface area contributed by atoms with Gasteiger partial charge in [-0.1, -0.05) is 0 Å². The summed E-state index contributed by atoms with van der Waals surface area (Å²) in [7, 11) is 0. The standard InChI is InChI=1S/2C5H5.2C4H10N.Hf/c2*1-2-4-5-3-1;2*1-3-5-4-2;/h2*1-3H,4H2;2*3-4H2,1-2H3;/q;;2*-1;+2. The molecule has 0 atom stereocenters. The van der Waals surface area contributed by atoms with E-state index in [4.69, 9.17) is 0 Å². The van der Waals surface area contributed by atoms with Gasteiger partial charge in [-0.15, -0.1) is 0 Å². The molecule has 0 amide bonds. The zero-order valence-electron chi connectivity index (χ0n) is 14.1. The van der Waals surface area contributed by atoms with Crippen LogP contribution in [0.4, 0.5) is 0 Å². The molecule has 0 radical (unpaired) electrons. The third-order valence-electron chi connectivity index (χ3n) is 4.88. The maximum atomic E-state index is 2.86. The van der Waals surface area contributed by atoms with E-state index < -0.39 is 20.5 Å². The van der Waals surface area contributed by atoms with Gasteiger partial charge in [-0.3, -0.25) is 0 Å². The van der Waals surface area contributed by atoms with E-state index in [1.165, 1.54) is 39.0 Å². The van der Waals surface area contributed by atoms with Crippen molar-refractivity contribution < 1.29 is 20.5 Å². The number of hydrogen-bond donors (Lipinski definition) is 0. The van der Waals surface area contributed by atoms with E-state index in [2.05, 4.69) is 69.9 Å². The molecule has 2 aliphatic carbocycles. The summed E-state index contributed by atoms with van der Waals surface area (Å²) in [6, 6.07) is 0. The van der Waals surface area contributed by atoms with Crippen LogP contribution in [-0.4, -0.2) is 32.0 Å². The summed E-state index contributed by atoms with van der Waals surface area (Å²) in [4.78, 5) is 0. The van der Waals surface area contributed by atoms with Crippen molar-refractivity contribution in [2.45, 2.75) is 40.5 Å². The Hall–Kier alpha value is -0.250. The van der Waals surface area contributed by atoms with Crippen molar-refractivity contribution in [2.24, 2.45) is 0 Å². The van der Waals surface area contributed by atoms with E-state index in [1.807, 2.05) is 0 Å². The molecule has 0 aromatic rings. The van der Waals surface area contributed by atoms with Gasteiger partial charge in [-0.25, -0.2) is 0 Å². The van der Waals surface area contributed by atoms with Gasteiger partial charge in [0.05, 0.1) is 0 Å². The number of rotatable bonds is 8. The van der Waals surface area contributed by atoms with Crippen molar-refractivity contribution in [2.75, 3.05) is 26.2 Å². The molecule has 0 aromatic heterocycles. The molecule has 2 aliphatic rings. The Labute approximate surface area is 136 Å². The van der Waals surface area contributed by atoms with Crippen LogP contribution in [0, 0.1) is 0 Å². The average Bonchev–Trinajstić information content (AvgIpc) is 3.21. The van der Waals surface area contributed by atoms with Crippen LogP contribution in [0.25, 0.3) is 0 Å². The van der Waals surface area contributed by atoms with Gasteiger partial charge in [-0.2, -0.15) is 0 Å². The van der Waals surface area contributed by atoms with Gasteiger partial charge in [0.2, 0.25) is 0 Å². The third-order valence-corrected chi connectivity index (χ3v) is 25.1. The van der Waals surface area contributed by atoms with Gasteiger partial charge in [0.1, 0.15) is 0 Å². The van der Waals surface area contributed by atoms with Crippen LogP contribution < -0.4 is 0 Å². The predicted octanol–water partition coefficient (Wildman–Crippen LogP) is 4.34. The molecule has 3 heteroatoms. The number of allylic oxidation sites excluding steroid dienone is 8. The Morgan fingerprint density at radius 2 is 1.14 bits per heavy atom. The molecule has 21 heavy (non-hydrogen) atoms. The molecule has 0 N–H and O–H groups in total. The van der Waals surface area contributed by atoms with Gasteiger partial charge >= 0.3 is 136 Å². The van der Waals surface area contributed by atoms with Crippen molar-refractivity contribution in [3.63, 3.8) is 0 Å². The van der Waals surface area contributed by atoms with Crippen molar-refractivity contribution in [1.29, 1.82) is 0 Å². The van der Waals surface area contributed by atoms with E-state index in [0.29, 0.717) is 0 Å². The summed E-state index contributed by atoms with van der Waals surface area (Å²) in [5, 5.41) is 0. The van der Waals surface area contributed by atoms with Crippen LogP contribution in [0.15, 0.2) is 43.1 Å². The summed E-state index contributed by atoms with van der Waals surface area (Å²) in [6.45, 7) is 14.0. The van der Waals surface area contributed by atoms with Crippen molar-refractivity contribution in [3.05, 3.63) is 43.1 Å². The summed E-state index contributed by atoms with van der Waals surface area (Å²) in [5.41, 5.74) is 0. The first-order valence-corrected chi connectivity index (χ1v) is 15.3. The Bertz CT molecular complexity index is 422. The van der Waals surface area contributed by atoms with Crippen LogP contribution in [0.3, 0.4) is 0 Å². The topological polar surface area (TPSA) is 6.48 Å². The normalized spacial score (nSPS) is 18.0. The Balaban J connectivity index is 2.57. The molecule has 0 aliphatic heterocycles. The number of nitrogens with zero attached hydrogens (tertiary/aromatic N) is 2. The summed E-state index contributed by atoms with van der Waals surface area (Å²) < 4.78 is 9.23. The first-order chi connectivity index (χ1) is 10.2. The fraction of sp³-hybridized carbons (Fsp3) is 0.556. The molecule has 0 aromatic carbocycles. The molecule has 0 fully saturated rings. The second-order valence-electron chi connectivity index (χ2n) is 5.67. The van der Waals surface area contributed by atoms with Crippen molar-refractivity contribution in [1.82, 2.24) is 5.78 Å². The zero-order valence-corrected chi connectivity index (χ0v) is 17.7. The first-order valence-electron chi connectivity index (χ1n) is 8.47. The van der Waals surface area contributed by atoms with Crippen LogP contribution in [0.2, 0.25) is 0 Å². The molecule has 0 saturated carbocycles. The summed E-state index contributed by atoms with van der Waals surface area (Å²) >= 11 is -3.05. The van der Waals surface area contributed by atoms with Crippen LogP contribution in [0.5, 0.6) is 0 Å². The predicted molar refractivity (Wildman–Crippen MR) is 89.5 cm³/mol. The molecule has 0 saturated heterocycles. The fourth-order valence-corrected chi connectivity index (χ4v) is 24.6. The van der Waals surface area contributed by atoms with E-state index in [0.717, 1.165) is 0 Å². The van der Waals surface area contributed by atoms with Gasteiger partial charge in [0.15, 0.2) is 0 Å². The SMILES string of the molecule is CC[N](CC)[Hf]([C]1=CC=CC1)([C]1=CC=CC1)[N](CC)CC. The summed E-state index contributed by atoms with van der Waals surface area (Å²) in [5.74, 6) is 0. The minimum absolute atomic E-state index is 1.17. The monoisotopic (exact) mass is 454 g/mol. The van der Waals surface area contributed by atoms with E-state index in [1.54, 1.807) is 6.66 Å².